The summed E-state index contributed by atoms with van der Waals surface area (Å²) in [4.78, 5) is 11.4. The Balaban J connectivity index is 1.96. The van der Waals surface area contributed by atoms with E-state index >= 15 is 0 Å². The third-order valence-corrected chi connectivity index (χ3v) is 2.71. The first-order valence-electron chi connectivity index (χ1n) is 5.87. The number of nitrogens with one attached hydrogen (secondary N) is 2. The van der Waals surface area contributed by atoms with Crippen LogP contribution >= 0.6 is 0 Å². The van der Waals surface area contributed by atoms with E-state index in [1.54, 1.807) is 7.11 Å². The van der Waals surface area contributed by atoms with E-state index < -0.39 is 0 Å². The maximum Gasteiger partial charge on any atom is 0.246 e. The molecule has 1 aliphatic rings. The fourth-order valence-electron chi connectivity index (χ4n) is 1.70. The summed E-state index contributed by atoms with van der Waals surface area (Å²) >= 11 is 0. The first-order valence-corrected chi connectivity index (χ1v) is 5.87. The highest BCUT2D eigenvalue weighted by Gasteiger charge is 2.13. The monoisotopic (exact) mass is 230 g/mol. The summed E-state index contributed by atoms with van der Waals surface area (Å²) in [7, 11) is 1.61. The molecular weight excluding hydrogens is 208 g/mol. The largest absolute Gasteiger partial charge is 0.382 e. The summed E-state index contributed by atoms with van der Waals surface area (Å²) in [6.07, 6.45) is 2.29. The van der Waals surface area contributed by atoms with Crippen molar-refractivity contribution in [1.82, 2.24) is 10.6 Å². The summed E-state index contributed by atoms with van der Waals surface area (Å²) in [5, 5.41) is 6.20. The Labute approximate surface area is 96.9 Å². The zero-order chi connectivity index (χ0) is 11.6. The normalized spacial score (nSPS) is 17.3. The highest BCUT2D eigenvalue weighted by Crippen LogP contribution is 2.09. The van der Waals surface area contributed by atoms with E-state index in [1.807, 2.05) is 0 Å². The molecule has 0 aliphatic carbocycles. The molecule has 1 heterocycles. The molecule has 0 radical (unpaired) electrons. The first kappa shape index (κ1) is 13.4. The van der Waals surface area contributed by atoms with Crippen LogP contribution in [0.3, 0.4) is 0 Å². The molecule has 5 heteroatoms. The van der Waals surface area contributed by atoms with Crippen LogP contribution in [0.25, 0.3) is 0 Å². The number of carbonyl (C=O) groups is 1. The maximum absolute atomic E-state index is 11.4. The Morgan fingerprint density at radius 3 is 2.81 bits per heavy atom. The van der Waals surface area contributed by atoms with Crippen LogP contribution in [0.5, 0.6) is 0 Å². The van der Waals surface area contributed by atoms with E-state index in [0.717, 1.165) is 32.5 Å². The van der Waals surface area contributed by atoms with Gasteiger partial charge in [-0.05, 0) is 31.8 Å². The first-order chi connectivity index (χ1) is 7.83. The molecule has 0 unspecified atom stereocenters. The number of hydrogen-bond donors (Lipinski definition) is 2. The van der Waals surface area contributed by atoms with Crippen LogP contribution in [0.1, 0.15) is 12.8 Å². The van der Waals surface area contributed by atoms with Gasteiger partial charge in [-0.25, -0.2) is 0 Å². The van der Waals surface area contributed by atoms with Gasteiger partial charge < -0.3 is 20.1 Å². The van der Waals surface area contributed by atoms with Crippen LogP contribution in [0.4, 0.5) is 0 Å². The SMILES string of the molecule is COCCOCC(=O)NCC1CCNCC1. The lowest BCUT2D eigenvalue weighted by atomic mass is 9.98. The minimum Gasteiger partial charge on any atom is -0.382 e. The molecule has 1 fully saturated rings. The Kier molecular flexibility index (Phi) is 7.12. The fourth-order valence-corrected chi connectivity index (χ4v) is 1.70. The zero-order valence-corrected chi connectivity index (χ0v) is 9.96. The molecule has 0 saturated carbocycles. The van der Waals surface area contributed by atoms with Gasteiger partial charge in [-0.1, -0.05) is 0 Å². The number of rotatable bonds is 7. The number of hydrogen-bond acceptors (Lipinski definition) is 4. The average molecular weight is 230 g/mol. The number of ether oxygens (including phenoxy) is 2. The van der Waals surface area contributed by atoms with Crippen LogP contribution in [-0.4, -0.2) is 52.5 Å². The molecule has 1 saturated heterocycles. The quantitative estimate of drug-likeness (QED) is 0.593. The smallest absolute Gasteiger partial charge is 0.246 e. The third-order valence-electron chi connectivity index (χ3n) is 2.71. The van der Waals surface area contributed by atoms with Gasteiger partial charge in [0.25, 0.3) is 0 Å². The predicted octanol–water partition coefficient (Wildman–Crippen LogP) is -0.235. The predicted molar refractivity (Wildman–Crippen MR) is 61.3 cm³/mol. The molecule has 1 rings (SSSR count). The Morgan fingerprint density at radius 2 is 2.12 bits per heavy atom. The van der Waals surface area contributed by atoms with Gasteiger partial charge in [-0.15, -0.1) is 0 Å². The van der Waals surface area contributed by atoms with E-state index in [1.165, 1.54) is 0 Å². The second-order valence-electron chi connectivity index (χ2n) is 4.04. The molecule has 0 aromatic rings. The van der Waals surface area contributed by atoms with Crippen molar-refractivity contribution < 1.29 is 14.3 Å². The summed E-state index contributed by atoms with van der Waals surface area (Å²) in [6, 6.07) is 0. The molecule has 0 aromatic heterocycles. The van der Waals surface area contributed by atoms with Crippen molar-refractivity contribution >= 4 is 5.91 Å². The maximum atomic E-state index is 11.4. The van der Waals surface area contributed by atoms with E-state index in [4.69, 9.17) is 9.47 Å². The number of carbonyl (C=O) groups excluding carboxylic acids is 1. The summed E-state index contributed by atoms with van der Waals surface area (Å²) < 4.78 is 9.94. The molecule has 0 bridgehead atoms. The van der Waals surface area contributed by atoms with Gasteiger partial charge in [-0.2, -0.15) is 0 Å². The molecule has 1 aliphatic heterocycles. The van der Waals surface area contributed by atoms with Gasteiger partial charge in [0, 0.05) is 13.7 Å². The lowest BCUT2D eigenvalue weighted by Crippen LogP contribution is -2.37. The minimum absolute atomic E-state index is 0.0327. The molecular formula is C11H22N2O3. The van der Waals surface area contributed by atoms with Crippen LogP contribution < -0.4 is 10.6 Å². The molecule has 16 heavy (non-hydrogen) atoms. The van der Waals surface area contributed by atoms with Crippen molar-refractivity contribution in [3.8, 4) is 0 Å². The summed E-state index contributed by atoms with van der Waals surface area (Å²) in [5.74, 6) is 0.582. The number of methoxy groups -OCH3 is 1. The molecule has 0 atom stereocenters. The number of piperidine rings is 1. The van der Waals surface area contributed by atoms with E-state index in [-0.39, 0.29) is 12.5 Å². The summed E-state index contributed by atoms with van der Waals surface area (Å²) in [6.45, 7) is 4.02. The lowest BCUT2D eigenvalue weighted by molar-refractivity contribution is -0.126. The molecule has 1 amide bonds. The van der Waals surface area contributed by atoms with Gasteiger partial charge >= 0.3 is 0 Å². The average Bonchev–Trinajstić information content (AvgIpc) is 2.33. The molecule has 94 valence electrons. The topological polar surface area (TPSA) is 59.6 Å². The van der Waals surface area contributed by atoms with Crippen molar-refractivity contribution in [2.24, 2.45) is 5.92 Å². The Bertz CT molecular complexity index is 194. The van der Waals surface area contributed by atoms with E-state index in [0.29, 0.717) is 19.1 Å². The zero-order valence-electron chi connectivity index (χ0n) is 9.96. The standard InChI is InChI=1S/C11H22N2O3/c1-15-6-7-16-9-11(14)13-8-10-2-4-12-5-3-10/h10,12H,2-9H2,1H3,(H,13,14). The van der Waals surface area contributed by atoms with Gasteiger partial charge in [-0.3, -0.25) is 4.79 Å². The van der Waals surface area contributed by atoms with Crippen molar-refractivity contribution in [3.05, 3.63) is 0 Å². The van der Waals surface area contributed by atoms with Crippen LogP contribution in [0.15, 0.2) is 0 Å². The van der Waals surface area contributed by atoms with Gasteiger partial charge in [0.15, 0.2) is 0 Å². The second-order valence-corrected chi connectivity index (χ2v) is 4.04. The van der Waals surface area contributed by atoms with Crippen LogP contribution in [0.2, 0.25) is 0 Å². The van der Waals surface area contributed by atoms with E-state index in [9.17, 15) is 4.79 Å². The van der Waals surface area contributed by atoms with Crippen molar-refractivity contribution in [2.45, 2.75) is 12.8 Å². The van der Waals surface area contributed by atoms with Crippen molar-refractivity contribution in [3.63, 3.8) is 0 Å². The highest BCUT2D eigenvalue weighted by molar-refractivity contribution is 5.77. The lowest BCUT2D eigenvalue weighted by Gasteiger charge is -2.22. The summed E-state index contributed by atoms with van der Waals surface area (Å²) in [5.41, 5.74) is 0. The van der Waals surface area contributed by atoms with Gasteiger partial charge in [0.05, 0.1) is 13.2 Å². The van der Waals surface area contributed by atoms with Crippen LogP contribution in [-0.2, 0) is 14.3 Å². The van der Waals surface area contributed by atoms with Crippen molar-refractivity contribution in [1.29, 1.82) is 0 Å². The van der Waals surface area contributed by atoms with Crippen LogP contribution in [0, 0.1) is 5.92 Å². The Morgan fingerprint density at radius 1 is 1.38 bits per heavy atom. The third kappa shape index (κ3) is 6.05. The number of amides is 1. The molecule has 0 spiro atoms. The van der Waals surface area contributed by atoms with E-state index in [2.05, 4.69) is 10.6 Å². The molecule has 2 N–H and O–H groups in total. The van der Waals surface area contributed by atoms with Gasteiger partial charge in [0.1, 0.15) is 6.61 Å². The molecule has 0 aromatic carbocycles. The second kappa shape index (κ2) is 8.50. The highest BCUT2D eigenvalue weighted by atomic mass is 16.5. The van der Waals surface area contributed by atoms with Gasteiger partial charge in [0.2, 0.25) is 5.91 Å². The fraction of sp³-hybridized carbons (Fsp3) is 0.909. The minimum atomic E-state index is -0.0327. The Hall–Kier alpha value is -0.650. The molecule has 5 nitrogen and oxygen atoms in total. The van der Waals surface area contributed by atoms with Crippen molar-refractivity contribution in [2.75, 3.05) is 46.6 Å².